The summed E-state index contributed by atoms with van der Waals surface area (Å²) in [6.45, 7) is 2.07. The van der Waals surface area contributed by atoms with Crippen LogP contribution in [-0.2, 0) is 29.6 Å². The van der Waals surface area contributed by atoms with Gasteiger partial charge >= 0.3 is 5.97 Å². The van der Waals surface area contributed by atoms with Crippen molar-refractivity contribution in [1.82, 2.24) is 14.7 Å². The highest BCUT2D eigenvalue weighted by atomic mass is 35.5. The molecule has 1 aliphatic heterocycles. The minimum absolute atomic E-state index is 0.274. The van der Waals surface area contributed by atoms with Crippen molar-refractivity contribution in [2.45, 2.75) is 25.9 Å². The van der Waals surface area contributed by atoms with Gasteiger partial charge in [-0.2, -0.15) is 5.10 Å². The van der Waals surface area contributed by atoms with Gasteiger partial charge in [-0.15, -0.1) is 0 Å². The lowest BCUT2D eigenvalue weighted by Crippen LogP contribution is -2.48. The molecule has 0 radical (unpaired) electrons. The highest BCUT2D eigenvalue weighted by Crippen LogP contribution is 2.25. The number of rotatable bonds is 3. The summed E-state index contributed by atoms with van der Waals surface area (Å²) in [4.78, 5) is 25.6. The lowest BCUT2D eigenvalue weighted by Gasteiger charge is -2.33. The first kappa shape index (κ1) is 17.2. The molecule has 130 valence electrons. The van der Waals surface area contributed by atoms with E-state index in [0.717, 1.165) is 11.1 Å². The Balaban J connectivity index is 1.87. The number of hydrogen-bond acceptors (Lipinski definition) is 3. The average Bonchev–Trinajstić information content (AvgIpc) is 2.83. The van der Waals surface area contributed by atoms with Crippen molar-refractivity contribution in [2.75, 3.05) is 0 Å². The second-order valence-electron chi connectivity index (χ2n) is 6.04. The molecule has 1 aromatic carbocycles. The number of benzene rings is 1. The van der Waals surface area contributed by atoms with Crippen LogP contribution in [0, 0.1) is 6.92 Å². The molecule has 3 rings (SSSR count). The van der Waals surface area contributed by atoms with Crippen molar-refractivity contribution in [3.63, 3.8) is 0 Å². The summed E-state index contributed by atoms with van der Waals surface area (Å²) in [6, 6.07) is 6.71. The summed E-state index contributed by atoms with van der Waals surface area (Å²) in [5.74, 6) is -1.37. The Labute approximate surface area is 150 Å². The highest BCUT2D eigenvalue weighted by Gasteiger charge is 2.33. The summed E-state index contributed by atoms with van der Waals surface area (Å²) in [7, 11) is 1.72. The molecule has 1 aromatic heterocycles. The van der Waals surface area contributed by atoms with E-state index in [1.54, 1.807) is 20.0 Å². The van der Waals surface area contributed by atoms with E-state index >= 15 is 0 Å². The molecule has 1 aliphatic rings. The van der Waals surface area contributed by atoms with Crippen LogP contribution >= 0.6 is 11.6 Å². The molecule has 7 heteroatoms. The third-order valence-corrected chi connectivity index (χ3v) is 4.85. The van der Waals surface area contributed by atoms with Crippen LogP contribution in [-0.4, -0.2) is 37.7 Å². The number of carboxylic acid groups (broad SMARTS) is 1. The summed E-state index contributed by atoms with van der Waals surface area (Å²) in [5.41, 5.74) is 3.29. The van der Waals surface area contributed by atoms with Gasteiger partial charge in [0.1, 0.15) is 11.2 Å². The maximum Gasteiger partial charge on any atom is 0.326 e. The fraction of sp³-hybridized carbons (Fsp3) is 0.278. The number of aromatic nitrogens is 2. The van der Waals surface area contributed by atoms with E-state index in [1.165, 1.54) is 15.7 Å². The predicted molar refractivity (Wildman–Crippen MR) is 94.1 cm³/mol. The molecule has 1 atom stereocenters. The van der Waals surface area contributed by atoms with Gasteiger partial charge in [-0.25, -0.2) is 4.79 Å². The quantitative estimate of drug-likeness (QED) is 0.854. The minimum Gasteiger partial charge on any atom is -0.480 e. The van der Waals surface area contributed by atoms with Gasteiger partial charge in [0, 0.05) is 31.7 Å². The zero-order chi connectivity index (χ0) is 18.1. The van der Waals surface area contributed by atoms with Crippen molar-refractivity contribution in [3.8, 4) is 0 Å². The van der Waals surface area contributed by atoms with Crippen molar-refractivity contribution >= 4 is 29.6 Å². The van der Waals surface area contributed by atoms with E-state index in [9.17, 15) is 14.7 Å². The number of aliphatic carboxylic acids is 1. The van der Waals surface area contributed by atoms with Crippen molar-refractivity contribution < 1.29 is 14.7 Å². The van der Waals surface area contributed by atoms with Gasteiger partial charge in [-0.3, -0.25) is 9.48 Å². The van der Waals surface area contributed by atoms with E-state index in [0.29, 0.717) is 22.8 Å². The Hall–Kier alpha value is -2.60. The maximum atomic E-state index is 12.6. The van der Waals surface area contributed by atoms with E-state index in [2.05, 4.69) is 5.10 Å². The van der Waals surface area contributed by atoms with E-state index in [-0.39, 0.29) is 12.5 Å². The molecule has 25 heavy (non-hydrogen) atoms. The fourth-order valence-corrected chi connectivity index (χ4v) is 3.30. The van der Waals surface area contributed by atoms with E-state index in [1.807, 2.05) is 24.3 Å². The van der Waals surface area contributed by atoms with Crippen LogP contribution in [0.3, 0.4) is 0 Å². The molecule has 6 nitrogen and oxygen atoms in total. The summed E-state index contributed by atoms with van der Waals surface area (Å²) < 4.78 is 1.53. The van der Waals surface area contributed by atoms with E-state index in [4.69, 9.17) is 11.6 Å². The lowest BCUT2D eigenvalue weighted by molar-refractivity contribution is -0.149. The van der Waals surface area contributed by atoms with Gasteiger partial charge in [0.05, 0.1) is 5.69 Å². The molecule has 1 amide bonds. The Morgan fingerprint density at radius 1 is 1.32 bits per heavy atom. The largest absolute Gasteiger partial charge is 0.480 e. The average molecular weight is 360 g/mol. The highest BCUT2D eigenvalue weighted by molar-refractivity contribution is 6.31. The van der Waals surface area contributed by atoms with Crippen LogP contribution in [0.5, 0.6) is 0 Å². The van der Waals surface area contributed by atoms with Crippen LogP contribution < -0.4 is 0 Å². The standard InChI is InChI=1S/C18H18ClN3O3/c1-11-14(17(19)21(2)20-11)7-8-16(23)22-10-13-6-4-3-5-12(13)9-15(22)18(24)25/h3-8,15H,9-10H2,1-2H3,(H,24,25)/b8-7+. The van der Waals surface area contributed by atoms with E-state index < -0.39 is 12.0 Å². The topological polar surface area (TPSA) is 75.4 Å². The molecule has 0 fully saturated rings. The van der Waals surface area contributed by atoms with Gasteiger partial charge < -0.3 is 10.0 Å². The van der Waals surface area contributed by atoms with Gasteiger partial charge in [-0.05, 0) is 24.1 Å². The van der Waals surface area contributed by atoms with Gasteiger partial charge in [0.15, 0.2) is 0 Å². The number of halogens is 1. The molecular weight excluding hydrogens is 342 g/mol. The van der Waals surface area contributed by atoms with Crippen LogP contribution in [0.4, 0.5) is 0 Å². The van der Waals surface area contributed by atoms with Crippen LogP contribution in [0.2, 0.25) is 5.15 Å². The third-order valence-electron chi connectivity index (χ3n) is 4.41. The summed E-state index contributed by atoms with van der Waals surface area (Å²) in [6.07, 6.45) is 3.25. The molecule has 0 bridgehead atoms. The first-order valence-electron chi connectivity index (χ1n) is 7.86. The second-order valence-corrected chi connectivity index (χ2v) is 6.40. The zero-order valence-electron chi connectivity index (χ0n) is 13.9. The Bertz CT molecular complexity index is 872. The lowest BCUT2D eigenvalue weighted by atomic mass is 9.94. The Morgan fingerprint density at radius 3 is 2.60 bits per heavy atom. The molecule has 0 saturated carbocycles. The van der Waals surface area contributed by atoms with Crippen molar-refractivity contribution in [1.29, 1.82) is 0 Å². The number of nitrogens with zero attached hydrogens (tertiary/aromatic N) is 3. The summed E-state index contributed by atoms with van der Waals surface area (Å²) >= 11 is 6.16. The molecule has 0 aliphatic carbocycles. The number of carbonyl (C=O) groups is 2. The molecule has 0 spiro atoms. The minimum atomic E-state index is -1.01. The SMILES string of the molecule is Cc1nn(C)c(Cl)c1/C=C/C(=O)N1Cc2ccccc2CC1C(=O)O. The number of hydrogen-bond donors (Lipinski definition) is 1. The third kappa shape index (κ3) is 3.30. The van der Waals surface area contributed by atoms with Crippen LogP contribution in [0.15, 0.2) is 30.3 Å². The second kappa shape index (κ2) is 6.72. The normalized spacial score (nSPS) is 16.9. The monoisotopic (exact) mass is 359 g/mol. The number of carboxylic acids is 1. The van der Waals surface area contributed by atoms with Gasteiger partial charge in [0.25, 0.3) is 0 Å². The van der Waals surface area contributed by atoms with Crippen LogP contribution in [0.25, 0.3) is 6.08 Å². The Morgan fingerprint density at radius 2 is 2.00 bits per heavy atom. The zero-order valence-corrected chi connectivity index (χ0v) is 14.7. The molecule has 2 aromatic rings. The molecular formula is C18H18ClN3O3. The maximum absolute atomic E-state index is 12.6. The Kier molecular flexibility index (Phi) is 4.63. The number of carbonyl (C=O) groups excluding carboxylic acids is 1. The predicted octanol–water partition coefficient (Wildman–Crippen LogP) is 2.43. The number of fused-ring (bicyclic) bond motifs is 1. The molecule has 2 heterocycles. The van der Waals surface area contributed by atoms with Crippen molar-refractivity contribution in [2.24, 2.45) is 7.05 Å². The molecule has 0 saturated heterocycles. The fourth-order valence-electron chi connectivity index (χ4n) is 3.06. The summed E-state index contributed by atoms with van der Waals surface area (Å²) in [5, 5.41) is 14.1. The molecule has 1 unspecified atom stereocenters. The van der Waals surface area contributed by atoms with Crippen molar-refractivity contribution in [3.05, 3.63) is 57.9 Å². The van der Waals surface area contributed by atoms with Gasteiger partial charge in [0.2, 0.25) is 5.91 Å². The number of amides is 1. The smallest absolute Gasteiger partial charge is 0.326 e. The molecule has 1 N–H and O–H groups in total. The van der Waals surface area contributed by atoms with Gasteiger partial charge in [-0.1, -0.05) is 35.9 Å². The number of aryl methyl sites for hydroxylation is 2. The van der Waals surface area contributed by atoms with Crippen LogP contribution in [0.1, 0.15) is 22.4 Å². The first-order valence-corrected chi connectivity index (χ1v) is 8.23. The first-order chi connectivity index (χ1) is 11.9.